The zero-order valence-corrected chi connectivity index (χ0v) is 10.1. The van der Waals surface area contributed by atoms with Crippen LogP contribution in [-0.4, -0.2) is 52.3 Å². The van der Waals surface area contributed by atoms with Gasteiger partial charge in [-0.1, -0.05) is 0 Å². The lowest BCUT2D eigenvalue weighted by molar-refractivity contribution is -1.00. The van der Waals surface area contributed by atoms with Crippen LogP contribution in [0.5, 0.6) is 0 Å². The summed E-state index contributed by atoms with van der Waals surface area (Å²) in [6.45, 7) is 10.0. The summed E-state index contributed by atoms with van der Waals surface area (Å²) in [4.78, 5) is 14.6. The fourth-order valence-electron chi connectivity index (χ4n) is 2.04. The smallest absolute Gasteiger partial charge is 0.314 e. The predicted molar refractivity (Wildman–Crippen MR) is 58.0 cm³/mol. The summed E-state index contributed by atoms with van der Waals surface area (Å²) in [6.07, 6.45) is 0. The Labute approximate surface area is 92.2 Å². The minimum absolute atomic E-state index is 0.0401. The van der Waals surface area contributed by atoms with Gasteiger partial charge in [0.15, 0.2) is 0 Å². The summed E-state index contributed by atoms with van der Waals surface area (Å²) < 4.78 is 5.01. The molecule has 15 heavy (non-hydrogen) atoms. The van der Waals surface area contributed by atoms with Gasteiger partial charge in [0.2, 0.25) is 0 Å². The van der Waals surface area contributed by atoms with Gasteiger partial charge >= 0.3 is 5.97 Å². The monoisotopic (exact) mass is 216 g/mol. The number of carbonyl (C=O) groups is 1. The van der Waals surface area contributed by atoms with E-state index in [0.717, 1.165) is 6.54 Å². The van der Waals surface area contributed by atoms with Crippen LogP contribution in [0.25, 0.3) is 0 Å². The molecule has 0 saturated carbocycles. The number of hydrogen-bond donors (Lipinski definition) is 2. The highest BCUT2D eigenvalue weighted by Crippen LogP contribution is 1.94. The first-order valence-electron chi connectivity index (χ1n) is 5.95. The van der Waals surface area contributed by atoms with Gasteiger partial charge in [-0.05, 0) is 13.8 Å². The Bertz CT molecular complexity index is 201. The van der Waals surface area contributed by atoms with Gasteiger partial charge < -0.3 is 14.5 Å². The Balaban J connectivity index is 2.25. The second-order valence-corrected chi connectivity index (χ2v) is 4.56. The molecular formula is C11H24N2O2+2. The van der Waals surface area contributed by atoms with Gasteiger partial charge in [-0.25, -0.2) is 0 Å². The van der Waals surface area contributed by atoms with Crippen molar-refractivity contribution in [1.29, 1.82) is 0 Å². The maximum Gasteiger partial charge on any atom is 0.314 e. The summed E-state index contributed by atoms with van der Waals surface area (Å²) in [5.74, 6) is -0.00497. The first-order valence-corrected chi connectivity index (χ1v) is 5.95. The van der Waals surface area contributed by atoms with Crippen LogP contribution in [0.2, 0.25) is 0 Å². The van der Waals surface area contributed by atoms with Crippen molar-refractivity contribution in [2.24, 2.45) is 5.92 Å². The maximum atomic E-state index is 11.4. The average Bonchev–Trinajstić information content (AvgIpc) is 2.22. The zero-order valence-electron chi connectivity index (χ0n) is 10.1. The molecule has 88 valence electrons. The van der Waals surface area contributed by atoms with Crippen LogP contribution in [-0.2, 0) is 9.53 Å². The first-order chi connectivity index (χ1) is 7.13. The Morgan fingerprint density at radius 3 is 2.47 bits per heavy atom. The third-order valence-corrected chi connectivity index (χ3v) is 3.09. The molecule has 0 amide bonds. The van der Waals surface area contributed by atoms with Gasteiger partial charge in [0.25, 0.3) is 0 Å². The van der Waals surface area contributed by atoms with Crippen LogP contribution in [0.3, 0.4) is 0 Å². The normalized spacial score (nSPS) is 28.5. The number of rotatable bonds is 4. The molecule has 0 aromatic carbocycles. The van der Waals surface area contributed by atoms with E-state index in [-0.39, 0.29) is 11.9 Å². The third-order valence-electron chi connectivity index (χ3n) is 3.09. The molecule has 1 rings (SSSR count). The lowest BCUT2D eigenvalue weighted by atomic mass is 10.1. The van der Waals surface area contributed by atoms with Crippen molar-refractivity contribution in [1.82, 2.24) is 0 Å². The molecule has 0 spiro atoms. The van der Waals surface area contributed by atoms with Crippen molar-refractivity contribution < 1.29 is 19.3 Å². The van der Waals surface area contributed by atoms with Gasteiger partial charge in [0.1, 0.15) is 32.1 Å². The summed E-state index contributed by atoms with van der Waals surface area (Å²) in [5.41, 5.74) is 0. The molecule has 4 heteroatoms. The fourth-order valence-corrected chi connectivity index (χ4v) is 2.04. The van der Waals surface area contributed by atoms with E-state index in [9.17, 15) is 4.79 Å². The lowest BCUT2D eigenvalue weighted by Crippen LogP contribution is -3.27. The van der Waals surface area contributed by atoms with E-state index < -0.39 is 0 Å². The molecule has 4 nitrogen and oxygen atoms in total. The van der Waals surface area contributed by atoms with Crippen LogP contribution < -0.4 is 9.80 Å². The molecule has 1 atom stereocenters. The Kier molecular flexibility index (Phi) is 5.05. The number of quaternary nitrogens is 2. The highest BCUT2D eigenvalue weighted by molar-refractivity contribution is 5.71. The molecule has 0 aliphatic carbocycles. The minimum atomic E-state index is -0.0451. The number of likely N-dealkylation sites (N-methyl/N-ethyl adjacent to an activating group) is 1. The molecule has 1 fully saturated rings. The van der Waals surface area contributed by atoms with E-state index in [2.05, 4.69) is 7.05 Å². The molecule has 0 aromatic rings. The van der Waals surface area contributed by atoms with Crippen molar-refractivity contribution in [2.75, 3.05) is 46.4 Å². The fraction of sp³-hybridized carbons (Fsp3) is 0.909. The second-order valence-electron chi connectivity index (χ2n) is 4.56. The number of nitrogens with one attached hydrogen (secondary N) is 2. The highest BCUT2D eigenvalue weighted by Gasteiger charge is 2.25. The Morgan fingerprint density at radius 2 is 1.93 bits per heavy atom. The van der Waals surface area contributed by atoms with Gasteiger partial charge in [-0.2, -0.15) is 0 Å². The van der Waals surface area contributed by atoms with Crippen LogP contribution in [0.1, 0.15) is 13.8 Å². The number of hydrogen-bond acceptors (Lipinski definition) is 2. The quantitative estimate of drug-likeness (QED) is 0.514. The maximum absolute atomic E-state index is 11.4. The van der Waals surface area contributed by atoms with Gasteiger partial charge in [-0.15, -0.1) is 0 Å². The number of piperazine rings is 1. The minimum Gasteiger partial charge on any atom is -0.466 e. The van der Waals surface area contributed by atoms with E-state index in [0.29, 0.717) is 6.61 Å². The van der Waals surface area contributed by atoms with E-state index in [1.807, 2.05) is 13.8 Å². The van der Waals surface area contributed by atoms with Crippen LogP contribution in [0.15, 0.2) is 0 Å². The Hall–Kier alpha value is -0.610. The zero-order chi connectivity index (χ0) is 11.3. The van der Waals surface area contributed by atoms with E-state index >= 15 is 0 Å². The number of carbonyl (C=O) groups excluding carboxylic acids is 1. The van der Waals surface area contributed by atoms with Gasteiger partial charge in [0, 0.05) is 0 Å². The number of esters is 1. The number of ether oxygens (including phenoxy) is 1. The molecule has 1 saturated heterocycles. The van der Waals surface area contributed by atoms with Crippen LogP contribution in [0, 0.1) is 5.92 Å². The van der Waals surface area contributed by atoms with Crippen LogP contribution in [0.4, 0.5) is 0 Å². The topological polar surface area (TPSA) is 35.2 Å². The molecule has 1 aliphatic rings. The predicted octanol–water partition coefficient (Wildman–Crippen LogP) is -2.40. The Morgan fingerprint density at radius 1 is 1.33 bits per heavy atom. The van der Waals surface area contributed by atoms with Gasteiger partial charge in [-0.3, -0.25) is 4.79 Å². The summed E-state index contributed by atoms with van der Waals surface area (Å²) in [5, 5.41) is 0. The molecule has 2 N–H and O–H groups in total. The SMILES string of the molecule is CCOC(=O)C(C)C[NH+]1CC[NH+](C)CC1. The van der Waals surface area contributed by atoms with E-state index in [1.165, 1.54) is 26.2 Å². The standard InChI is InChI=1S/C11H22N2O2/c1-4-15-11(14)10(2)9-13-7-5-12(3)6-8-13/h10H,4-9H2,1-3H3/p+2. The van der Waals surface area contributed by atoms with E-state index in [1.54, 1.807) is 9.80 Å². The summed E-state index contributed by atoms with van der Waals surface area (Å²) in [6, 6.07) is 0. The van der Waals surface area contributed by atoms with Crippen molar-refractivity contribution in [2.45, 2.75) is 13.8 Å². The molecule has 1 heterocycles. The molecule has 0 bridgehead atoms. The van der Waals surface area contributed by atoms with Crippen molar-refractivity contribution >= 4 is 5.97 Å². The second kappa shape index (κ2) is 6.08. The molecule has 1 aliphatic heterocycles. The van der Waals surface area contributed by atoms with Gasteiger partial charge in [0.05, 0.1) is 20.2 Å². The van der Waals surface area contributed by atoms with Crippen molar-refractivity contribution in [3.05, 3.63) is 0 Å². The summed E-state index contributed by atoms with van der Waals surface area (Å²) in [7, 11) is 2.23. The largest absolute Gasteiger partial charge is 0.466 e. The highest BCUT2D eigenvalue weighted by atomic mass is 16.5. The van der Waals surface area contributed by atoms with Crippen LogP contribution >= 0.6 is 0 Å². The summed E-state index contributed by atoms with van der Waals surface area (Å²) >= 11 is 0. The molecule has 1 unspecified atom stereocenters. The lowest BCUT2D eigenvalue weighted by Gasteiger charge is -2.28. The first kappa shape index (κ1) is 12.5. The van der Waals surface area contributed by atoms with Crippen molar-refractivity contribution in [3.8, 4) is 0 Å². The molecule has 0 radical (unpaired) electrons. The molecule has 0 aromatic heterocycles. The molecular weight excluding hydrogens is 192 g/mol. The third kappa shape index (κ3) is 4.18. The average molecular weight is 216 g/mol. The van der Waals surface area contributed by atoms with Crippen molar-refractivity contribution in [3.63, 3.8) is 0 Å². The van der Waals surface area contributed by atoms with E-state index in [4.69, 9.17) is 4.74 Å².